The summed E-state index contributed by atoms with van der Waals surface area (Å²) in [5.74, 6) is -1.09. The minimum atomic E-state index is -0.563. The van der Waals surface area contributed by atoms with Crippen LogP contribution in [0.3, 0.4) is 0 Å². The molecule has 1 heterocycles. The number of halogens is 2. The Hall–Kier alpha value is -1.69. The molecule has 1 aromatic rings. The summed E-state index contributed by atoms with van der Waals surface area (Å²) in [5.41, 5.74) is 0.461. The van der Waals surface area contributed by atoms with Gasteiger partial charge in [0, 0.05) is 51.4 Å². The fraction of sp³-hybridized carbons (Fsp3) is 0.533. The highest BCUT2D eigenvalue weighted by molar-refractivity contribution is 5.73. The van der Waals surface area contributed by atoms with E-state index in [1.807, 2.05) is 4.90 Å². The molecule has 2 amide bonds. The van der Waals surface area contributed by atoms with E-state index < -0.39 is 11.6 Å². The van der Waals surface area contributed by atoms with Crippen molar-refractivity contribution in [1.82, 2.24) is 15.1 Å². The van der Waals surface area contributed by atoms with Crippen LogP contribution in [0.1, 0.15) is 18.4 Å². The maximum absolute atomic E-state index is 13.5. The van der Waals surface area contributed by atoms with Crippen LogP contribution in [0.15, 0.2) is 18.2 Å². The lowest BCUT2D eigenvalue weighted by Crippen LogP contribution is -2.47. The first-order valence-corrected chi connectivity index (χ1v) is 7.11. The van der Waals surface area contributed by atoms with Crippen molar-refractivity contribution in [3.05, 3.63) is 35.4 Å². The van der Waals surface area contributed by atoms with Crippen LogP contribution in [0, 0.1) is 11.6 Å². The van der Waals surface area contributed by atoms with E-state index in [-0.39, 0.29) is 12.1 Å². The lowest BCUT2D eigenvalue weighted by molar-refractivity contribution is 0.152. The number of hydrogen-bond acceptors (Lipinski definition) is 2. The largest absolute Gasteiger partial charge is 0.331 e. The van der Waals surface area contributed by atoms with Gasteiger partial charge >= 0.3 is 6.03 Å². The summed E-state index contributed by atoms with van der Waals surface area (Å²) in [4.78, 5) is 15.2. The predicted molar refractivity (Wildman–Crippen MR) is 76.9 cm³/mol. The average Bonchev–Trinajstić information content (AvgIpc) is 2.46. The molecule has 4 nitrogen and oxygen atoms in total. The zero-order valence-corrected chi connectivity index (χ0v) is 12.4. The number of carbonyl (C=O) groups is 1. The number of hydrogen-bond donors (Lipinski definition) is 1. The van der Waals surface area contributed by atoms with E-state index in [2.05, 4.69) is 5.32 Å². The smallest absolute Gasteiger partial charge is 0.319 e. The number of piperidine rings is 1. The maximum atomic E-state index is 13.5. The molecule has 0 aromatic heterocycles. The normalized spacial score (nSPS) is 16.1. The summed E-state index contributed by atoms with van der Waals surface area (Å²) in [6.07, 6.45) is 1.67. The molecular weight excluding hydrogens is 276 g/mol. The topological polar surface area (TPSA) is 35.6 Å². The molecule has 0 saturated carbocycles. The van der Waals surface area contributed by atoms with Gasteiger partial charge in [-0.15, -0.1) is 0 Å². The van der Waals surface area contributed by atoms with Crippen molar-refractivity contribution in [3.8, 4) is 0 Å². The Kier molecular flexibility index (Phi) is 5.12. The molecule has 1 N–H and O–H groups in total. The summed E-state index contributed by atoms with van der Waals surface area (Å²) in [6, 6.07) is 3.90. The van der Waals surface area contributed by atoms with E-state index in [0.717, 1.165) is 18.9 Å². The van der Waals surface area contributed by atoms with Crippen LogP contribution in [0.25, 0.3) is 0 Å². The molecule has 0 spiro atoms. The number of amides is 2. The molecule has 2 rings (SSSR count). The Bertz CT molecular complexity index is 500. The molecule has 1 aliphatic rings. The molecule has 0 radical (unpaired) electrons. The van der Waals surface area contributed by atoms with Gasteiger partial charge in [-0.25, -0.2) is 13.6 Å². The van der Waals surface area contributed by atoms with Crippen molar-refractivity contribution >= 4 is 6.03 Å². The lowest BCUT2D eigenvalue weighted by atomic mass is 10.0. The van der Waals surface area contributed by atoms with Crippen LogP contribution in [0.4, 0.5) is 13.6 Å². The summed E-state index contributed by atoms with van der Waals surface area (Å²) in [5, 5.41) is 3.27. The zero-order chi connectivity index (χ0) is 15.4. The van der Waals surface area contributed by atoms with Crippen LogP contribution in [-0.4, -0.2) is 49.1 Å². The van der Waals surface area contributed by atoms with Crippen LogP contribution < -0.4 is 5.32 Å². The highest BCUT2D eigenvalue weighted by atomic mass is 19.1. The summed E-state index contributed by atoms with van der Waals surface area (Å²) in [6.45, 7) is 1.76. The summed E-state index contributed by atoms with van der Waals surface area (Å²) in [7, 11) is 3.48. The molecule has 1 saturated heterocycles. The minimum Gasteiger partial charge on any atom is -0.331 e. The van der Waals surface area contributed by atoms with Crippen molar-refractivity contribution < 1.29 is 13.6 Å². The lowest BCUT2D eigenvalue weighted by Gasteiger charge is -2.34. The monoisotopic (exact) mass is 297 g/mol. The van der Waals surface area contributed by atoms with Crippen molar-refractivity contribution in [1.29, 1.82) is 0 Å². The van der Waals surface area contributed by atoms with Crippen molar-refractivity contribution in [2.24, 2.45) is 0 Å². The molecule has 0 aliphatic carbocycles. The zero-order valence-electron chi connectivity index (χ0n) is 12.4. The van der Waals surface area contributed by atoms with E-state index in [9.17, 15) is 13.6 Å². The van der Waals surface area contributed by atoms with Gasteiger partial charge in [0.15, 0.2) is 0 Å². The van der Waals surface area contributed by atoms with Gasteiger partial charge in [0.1, 0.15) is 11.6 Å². The average molecular weight is 297 g/mol. The fourth-order valence-corrected chi connectivity index (χ4v) is 2.48. The first kappa shape index (κ1) is 15.7. The summed E-state index contributed by atoms with van der Waals surface area (Å²) >= 11 is 0. The number of likely N-dealkylation sites (tertiary alicyclic amines) is 1. The van der Waals surface area contributed by atoms with E-state index in [0.29, 0.717) is 25.2 Å². The third-order valence-corrected chi connectivity index (χ3v) is 3.74. The van der Waals surface area contributed by atoms with Crippen molar-refractivity contribution in [3.63, 3.8) is 0 Å². The Morgan fingerprint density at radius 3 is 2.57 bits per heavy atom. The van der Waals surface area contributed by atoms with Gasteiger partial charge in [0.05, 0.1) is 0 Å². The van der Waals surface area contributed by atoms with E-state index in [4.69, 9.17) is 0 Å². The molecule has 0 unspecified atom stereocenters. The fourth-order valence-electron chi connectivity index (χ4n) is 2.48. The van der Waals surface area contributed by atoms with E-state index in [1.54, 1.807) is 19.0 Å². The van der Waals surface area contributed by atoms with Gasteiger partial charge in [0.2, 0.25) is 0 Å². The number of rotatable bonds is 3. The third-order valence-electron chi connectivity index (χ3n) is 3.74. The highest BCUT2D eigenvalue weighted by Gasteiger charge is 2.23. The standard InChI is InChI=1S/C15H21F2N3O/c1-19(2)15(21)20-7-5-13(6-8-20)18-10-11-3-4-12(16)9-14(11)17/h3-4,9,13,18H,5-8,10H2,1-2H3. The van der Waals surface area contributed by atoms with Gasteiger partial charge in [-0.3, -0.25) is 0 Å². The van der Waals surface area contributed by atoms with E-state index in [1.165, 1.54) is 12.1 Å². The summed E-state index contributed by atoms with van der Waals surface area (Å²) < 4.78 is 26.3. The third kappa shape index (κ3) is 4.14. The Balaban J connectivity index is 1.80. The second-order valence-corrected chi connectivity index (χ2v) is 5.55. The number of carbonyl (C=O) groups excluding carboxylic acids is 1. The molecule has 1 aromatic carbocycles. The molecule has 0 bridgehead atoms. The molecular formula is C15H21F2N3O. The molecule has 1 aliphatic heterocycles. The Morgan fingerprint density at radius 1 is 1.33 bits per heavy atom. The maximum Gasteiger partial charge on any atom is 0.319 e. The van der Waals surface area contributed by atoms with E-state index >= 15 is 0 Å². The molecule has 116 valence electrons. The Labute approximate surface area is 123 Å². The number of nitrogens with one attached hydrogen (secondary N) is 1. The van der Waals surface area contributed by atoms with Gasteiger partial charge in [-0.2, -0.15) is 0 Å². The van der Waals surface area contributed by atoms with Gasteiger partial charge in [-0.05, 0) is 18.9 Å². The quantitative estimate of drug-likeness (QED) is 0.928. The number of benzene rings is 1. The number of urea groups is 1. The SMILES string of the molecule is CN(C)C(=O)N1CCC(NCc2ccc(F)cc2F)CC1. The molecule has 1 fully saturated rings. The van der Waals surface area contributed by atoms with Gasteiger partial charge < -0.3 is 15.1 Å². The minimum absolute atomic E-state index is 0.0260. The van der Waals surface area contributed by atoms with Gasteiger partial charge in [-0.1, -0.05) is 6.07 Å². The first-order valence-electron chi connectivity index (χ1n) is 7.11. The van der Waals surface area contributed by atoms with Crippen molar-refractivity contribution in [2.45, 2.75) is 25.4 Å². The van der Waals surface area contributed by atoms with Crippen molar-refractivity contribution in [2.75, 3.05) is 27.2 Å². The first-order chi connectivity index (χ1) is 9.97. The second kappa shape index (κ2) is 6.85. The van der Waals surface area contributed by atoms with Crippen LogP contribution >= 0.6 is 0 Å². The predicted octanol–water partition coefficient (Wildman–Crippen LogP) is 2.20. The highest BCUT2D eigenvalue weighted by Crippen LogP contribution is 2.14. The molecule has 0 atom stereocenters. The van der Waals surface area contributed by atoms with Crippen LogP contribution in [0.5, 0.6) is 0 Å². The molecule has 21 heavy (non-hydrogen) atoms. The second-order valence-electron chi connectivity index (χ2n) is 5.55. The van der Waals surface area contributed by atoms with Crippen LogP contribution in [-0.2, 0) is 6.54 Å². The Morgan fingerprint density at radius 2 is 2.00 bits per heavy atom. The van der Waals surface area contributed by atoms with Gasteiger partial charge in [0.25, 0.3) is 0 Å². The molecule has 6 heteroatoms. The number of nitrogens with zero attached hydrogens (tertiary/aromatic N) is 2. The van der Waals surface area contributed by atoms with Crippen LogP contribution in [0.2, 0.25) is 0 Å².